The molecule has 0 unspecified atom stereocenters. The van der Waals surface area contributed by atoms with Crippen molar-refractivity contribution >= 4 is 11.6 Å². The molecule has 0 saturated heterocycles. The Morgan fingerprint density at radius 3 is 2.69 bits per heavy atom. The summed E-state index contributed by atoms with van der Waals surface area (Å²) < 4.78 is 2.04. The molecule has 0 N–H and O–H groups in total. The molecule has 1 aromatic heterocycles. The molecular weight excluding hydrogens is 220 g/mol. The number of hydrogen-bond donors (Lipinski definition) is 0. The number of hydrogen-bond acceptors (Lipinski definition) is 1. The van der Waals surface area contributed by atoms with E-state index in [1.54, 1.807) is 6.20 Å². The molecule has 0 atom stereocenters. The number of aromatic nitrogens is 2. The van der Waals surface area contributed by atoms with Gasteiger partial charge in [0.15, 0.2) is 0 Å². The first-order chi connectivity index (χ1) is 7.59. The van der Waals surface area contributed by atoms with Crippen molar-refractivity contribution in [2.45, 2.75) is 26.8 Å². The third-order valence-corrected chi connectivity index (χ3v) is 2.82. The highest BCUT2D eigenvalue weighted by Gasteiger charge is 2.12. The lowest BCUT2D eigenvalue weighted by Gasteiger charge is -2.13. The Morgan fingerprint density at radius 2 is 2.06 bits per heavy atom. The van der Waals surface area contributed by atoms with Gasteiger partial charge in [0.2, 0.25) is 0 Å². The van der Waals surface area contributed by atoms with E-state index in [1.165, 1.54) is 5.56 Å². The van der Waals surface area contributed by atoms with Crippen LogP contribution in [0, 0.1) is 6.92 Å². The summed E-state index contributed by atoms with van der Waals surface area (Å²) in [5.41, 5.74) is 2.34. The quantitative estimate of drug-likeness (QED) is 0.765. The Bertz CT molecular complexity index is 500. The van der Waals surface area contributed by atoms with Crippen LogP contribution < -0.4 is 0 Å². The number of imidazole rings is 1. The van der Waals surface area contributed by atoms with E-state index in [1.807, 2.05) is 10.6 Å². The van der Waals surface area contributed by atoms with E-state index in [0.29, 0.717) is 11.2 Å². The second-order valence-electron chi connectivity index (χ2n) is 4.24. The van der Waals surface area contributed by atoms with E-state index in [9.17, 15) is 0 Å². The van der Waals surface area contributed by atoms with Crippen molar-refractivity contribution in [1.82, 2.24) is 9.55 Å². The molecule has 0 aliphatic heterocycles. The van der Waals surface area contributed by atoms with Crippen LogP contribution in [0.2, 0.25) is 5.15 Å². The summed E-state index contributed by atoms with van der Waals surface area (Å²) in [6.07, 6.45) is 1.71. The lowest BCUT2D eigenvalue weighted by molar-refractivity contribution is 0.607. The van der Waals surface area contributed by atoms with Crippen LogP contribution in [0.4, 0.5) is 0 Å². The lowest BCUT2D eigenvalue weighted by Crippen LogP contribution is -2.03. The number of nitrogens with zero attached hydrogens (tertiary/aromatic N) is 2. The molecule has 1 heterocycles. The summed E-state index contributed by atoms with van der Waals surface area (Å²) >= 11 is 6.13. The Hall–Kier alpha value is -1.28. The van der Waals surface area contributed by atoms with Crippen LogP contribution in [-0.2, 0) is 0 Å². The highest BCUT2D eigenvalue weighted by Crippen LogP contribution is 2.26. The highest BCUT2D eigenvalue weighted by atomic mass is 35.5. The predicted molar refractivity (Wildman–Crippen MR) is 67.8 cm³/mol. The molecule has 2 aromatic rings. The van der Waals surface area contributed by atoms with Gasteiger partial charge >= 0.3 is 0 Å². The molecule has 0 saturated carbocycles. The van der Waals surface area contributed by atoms with E-state index in [0.717, 1.165) is 11.4 Å². The molecule has 3 heteroatoms. The minimum atomic E-state index is 0.311. The summed E-state index contributed by atoms with van der Waals surface area (Å²) in [7, 11) is 0. The van der Waals surface area contributed by atoms with E-state index in [-0.39, 0.29) is 0 Å². The van der Waals surface area contributed by atoms with Crippen molar-refractivity contribution in [3.05, 3.63) is 41.2 Å². The minimum absolute atomic E-state index is 0.311. The van der Waals surface area contributed by atoms with Gasteiger partial charge in [-0.15, -0.1) is 0 Å². The largest absolute Gasteiger partial charge is 0.313 e. The van der Waals surface area contributed by atoms with Crippen molar-refractivity contribution < 1.29 is 0 Å². The number of halogens is 1. The molecule has 16 heavy (non-hydrogen) atoms. The fourth-order valence-electron chi connectivity index (χ4n) is 1.83. The van der Waals surface area contributed by atoms with Gasteiger partial charge < -0.3 is 4.57 Å². The van der Waals surface area contributed by atoms with Crippen molar-refractivity contribution in [2.24, 2.45) is 0 Å². The first-order valence-corrected chi connectivity index (χ1v) is 5.77. The minimum Gasteiger partial charge on any atom is -0.313 e. The molecular formula is C13H15ClN2. The SMILES string of the molecule is Cc1cccc(-c2ncc(Cl)n2C(C)C)c1. The van der Waals surface area contributed by atoms with Crippen molar-refractivity contribution in [1.29, 1.82) is 0 Å². The van der Waals surface area contributed by atoms with Gasteiger partial charge in [-0.05, 0) is 26.8 Å². The fraction of sp³-hybridized carbons (Fsp3) is 0.308. The first-order valence-electron chi connectivity index (χ1n) is 5.39. The summed E-state index contributed by atoms with van der Waals surface area (Å²) in [5, 5.41) is 0.687. The van der Waals surface area contributed by atoms with Crippen molar-refractivity contribution in [3.8, 4) is 11.4 Å². The van der Waals surface area contributed by atoms with Crippen molar-refractivity contribution in [2.75, 3.05) is 0 Å². The van der Waals surface area contributed by atoms with Crippen LogP contribution in [0.25, 0.3) is 11.4 Å². The maximum Gasteiger partial charge on any atom is 0.141 e. The van der Waals surface area contributed by atoms with Gasteiger partial charge in [-0.2, -0.15) is 0 Å². The smallest absolute Gasteiger partial charge is 0.141 e. The molecule has 0 fully saturated rings. The van der Waals surface area contributed by atoms with E-state index in [4.69, 9.17) is 11.6 Å². The van der Waals surface area contributed by atoms with Gasteiger partial charge in [-0.3, -0.25) is 0 Å². The number of aryl methyl sites for hydroxylation is 1. The maximum absolute atomic E-state index is 6.13. The third-order valence-electron chi connectivity index (χ3n) is 2.54. The molecule has 2 nitrogen and oxygen atoms in total. The zero-order valence-electron chi connectivity index (χ0n) is 9.74. The standard InChI is InChI=1S/C13H15ClN2/c1-9(2)16-12(14)8-15-13(16)11-6-4-5-10(3)7-11/h4-9H,1-3H3. The number of rotatable bonds is 2. The zero-order valence-corrected chi connectivity index (χ0v) is 10.5. The van der Waals surface area contributed by atoms with E-state index in [2.05, 4.69) is 44.0 Å². The summed E-state index contributed by atoms with van der Waals surface area (Å²) in [4.78, 5) is 4.38. The topological polar surface area (TPSA) is 17.8 Å². The first kappa shape index (κ1) is 11.2. The van der Waals surface area contributed by atoms with Gasteiger partial charge in [-0.1, -0.05) is 35.4 Å². The van der Waals surface area contributed by atoms with Gasteiger partial charge in [0.25, 0.3) is 0 Å². The molecule has 2 rings (SSSR count). The summed E-state index contributed by atoms with van der Waals surface area (Å²) in [5.74, 6) is 0.934. The second-order valence-corrected chi connectivity index (χ2v) is 4.63. The van der Waals surface area contributed by atoms with E-state index >= 15 is 0 Å². The molecule has 84 valence electrons. The average molecular weight is 235 g/mol. The second kappa shape index (κ2) is 4.30. The summed E-state index contributed by atoms with van der Waals surface area (Å²) in [6.45, 7) is 6.29. The predicted octanol–water partition coefficient (Wildman–Crippen LogP) is 4.09. The molecule has 0 aliphatic carbocycles. The Kier molecular flexibility index (Phi) is 3.01. The van der Waals surface area contributed by atoms with Gasteiger partial charge in [0.05, 0.1) is 6.20 Å². The zero-order chi connectivity index (χ0) is 11.7. The maximum atomic E-state index is 6.13. The van der Waals surface area contributed by atoms with Crippen molar-refractivity contribution in [3.63, 3.8) is 0 Å². The van der Waals surface area contributed by atoms with Crippen LogP contribution in [-0.4, -0.2) is 9.55 Å². The van der Waals surface area contributed by atoms with Crippen LogP contribution >= 0.6 is 11.6 Å². The lowest BCUT2D eigenvalue weighted by atomic mass is 10.1. The average Bonchev–Trinajstić information content (AvgIpc) is 2.60. The van der Waals surface area contributed by atoms with Gasteiger partial charge in [0.1, 0.15) is 11.0 Å². The third kappa shape index (κ3) is 1.98. The normalized spacial score (nSPS) is 11.1. The molecule has 0 radical (unpaired) electrons. The van der Waals surface area contributed by atoms with Gasteiger partial charge in [-0.25, -0.2) is 4.98 Å². The molecule has 0 aliphatic rings. The molecule has 0 amide bonds. The molecule has 0 bridgehead atoms. The van der Waals surface area contributed by atoms with Crippen LogP contribution in [0.3, 0.4) is 0 Å². The number of benzene rings is 1. The Balaban J connectivity index is 2.56. The Labute approximate surface area is 101 Å². The molecule has 1 aromatic carbocycles. The molecule has 0 spiro atoms. The van der Waals surface area contributed by atoms with Crippen LogP contribution in [0.1, 0.15) is 25.5 Å². The highest BCUT2D eigenvalue weighted by molar-refractivity contribution is 6.29. The Morgan fingerprint density at radius 1 is 1.31 bits per heavy atom. The monoisotopic (exact) mass is 234 g/mol. The summed E-state index contributed by atoms with van der Waals surface area (Å²) in [6, 6.07) is 8.61. The van der Waals surface area contributed by atoms with Crippen LogP contribution in [0.5, 0.6) is 0 Å². The van der Waals surface area contributed by atoms with Gasteiger partial charge in [0, 0.05) is 11.6 Å². The fourth-order valence-corrected chi connectivity index (χ4v) is 2.15. The van der Waals surface area contributed by atoms with E-state index < -0.39 is 0 Å². The van der Waals surface area contributed by atoms with Crippen LogP contribution in [0.15, 0.2) is 30.5 Å².